The van der Waals surface area contributed by atoms with Crippen molar-refractivity contribution in [2.45, 2.75) is 33.6 Å². The summed E-state index contributed by atoms with van der Waals surface area (Å²) < 4.78 is 3.52. The smallest absolute Gasteiger partial charge is 0.0630 e. The number of aryl methyl sites for hydroxylation is 1. The lowest BCUT2D eigenvalue weighted by molar-refractivity contribution is 0.867. The van der Waals surface area contributed by atoms with Crippen molar-refractivity contribution in [2.24, 2.45) is 4.99 Å². The number of rotatable bonds is 4. The molecule has 0 atom stereocenters. The van der Waals surface area contributed by atoms with E-state index in [2.05, 4.69) is 114 Å². The fraction of sp³-hybridized carbons (Fsp3) is 0.227. The molecular weight excluding hydrogens is 419 g/mol. The van der Waals surface area contributed by atoms with E-state index >= 15 is 0 Å². The van der Waals surface area contributed by atoms with Gasteiger partial charge in [0.05, 0.1) is 5.69 Å². The van der Waals surface area contributed by atoms with Crippen LogP contribution in [0, 0.1) is 17.4 Å². The van der Waals surface area contributed by atoms with Gasteiger partial charge in [-0.15, -0.1) is 0 Å². The molecule has 128 valence electrons. The molecule has 0 unspecified atom stereocenters. The van der Waals surface area contributed by atoms with Crippen LogP contribution in [0.4, 0.5) is 5.69 Å². The van der Waals surface area contributed by atoms with Gasteiger partial charge in [0.2, 0.25) is 0 Å². The van der Waals surface area contributed by atoms with Gasteiger partial charge in [0.1, 0.15) is 0 Å². The minimum atomic E-state index is 0.547. The molecule has 0 amide bonds. The molecule has 0 aliphatic rings. The first-order valence-electron chi connectivity index (χ1n) is 8.54. The normalized spacial score (nSPS) is 11.6. The third-order valence-electron chi connectivity index (χ3n) is 4.47. The second-order valence-corrected chi connectivity index (χ2v) is 7.89. The van der Waals surface area contributed by atoms with Crippen LogP contribution in [0.15, 0.2) is 59.6 Å². The molecule has 0 spiro atoms. The van der Waals surface area contributed by atoms with Crippen LogP contribution in [0.1, 0.15) is 42.3 Å². The first-order chi connectivity index (χ1) is 12.0. The molecule has 0 saturated carbocycles. The number of hydrogen-bond acceptors (Lipinski definition) is 1. The van der Waals surface area contributed by atoms with Gasteiger partial charge < -0.3 is 4.57 Å². The van der Waals surface area contributed by atoms with Crippen molar-refractivity contribution in [3.05, 3.63) is 80.7 Å². The summed E-state index contributed by atoms with van der Waals surface area (Å²) in [5.41, 5.74) is 7.11. The Morgan fingerprint density at radius 3 is 2.20 bits per heavy atom. The Morgan fingerprint density at radius 2 is 1.60 bits per heavy atom. The summed E-state index contributed by atoms with van der Waals surface area (Å²) in [5, 5.41) is 0. The number of nitrogens with zero attached hydrogens (tertiary/aromatic N) is 2. The molecular formula is C22H23IN2. The van der Waals surface area contributed by atoms with E-state index in [-0.39, 0.29) is 0 Å². The maximum Gasteiger partial charge on any atom is 0.0630 e. The van der Waals surface area contributed by atoms with Crippen LogP contribution in [0.2, 0.25) is 0 Å². The maximum absolute atomic E-state index is 4.66. The summed E-state index contributed by atoms with van der Waals surface area (Å²) in [7, 11) is 0. The van der Waals surface area contributed by atoms with Gasteiger partial charge in [0.15, 0.2) is 0 Å². The number of aliphatic imine (C=N–C) groups is 1. The van der Waals surface area contributed by atoms with E-state index < -0.39 is 0 Å². The summed E-state index contributed by atoms with van der Waals surface area (Å²) in [5.74, 6) is 0.547. The summed E-state index contributed by atoms with van der Waals surface area (Å²) in [4.78, 5) is 4.66. The van der Waals surface area contributed by atoms with E-state index in [0.717, 1.165) is 11.3 Å². The second-order valence-electron chi connectivity index (χ2n) is 6.64. The van der Waals surface area contributed by atoms with Crippen LogP contribution in [0.3, 0.4) is 0 Å². The molecule has 3 heteroatoms. The Morgan fingerprint density at radius 1 is 0.960 bits per heavy atom. The largest absolute Gasteiger partial charge is 0.318 e. The van der Waals surface area contributed by atoms with Crippen molar-refractivity contribution in [2.75, 3.05) is 0 Å². The van der Waals surface area contributed by atoms with Crippen molar-refractivity contribution in [1.29, 1.82) is 0 Å². The number of halogens is 1. The van der Waals surface area contributed by atoms with Crippen LogP contribution in [0.25, 0.3) is 5.69 Å². The van der Waals surface area contributed by atoms with E-state index in [1.807, 2.05) is 6.21 Å². The average molecular weight is 442 g/mol. The highest BCUT2D eigenvalue weighted by molar-refractivity contribution is 14.1. The Balaban J connectivity index is 1.88. The van der Waals surface area contributed by atoms with Gasteiger partial charge in [-0.1, -0.05) is 26.0 Å². The average Bonchev–Trinajstić information content (AvgIpc) is 2.88. The lowest BCUT2D eigenvalue weighted by Gasteiger charge is -2.09. The predicted octanol–water partition coefficient (Wildman–Crippen LogP) is 6.57. The quantitative estimate of drug-likeness (QED) is 0.321. The summed E-state index contributed by atoms with van der Waals surface area (Å²) in [6.45, 7) is 8.70. The number of benzene rings is 2. The Labute approximate surface area is 163 Å². The molecule has 25 heavy (non-hydrogen) atoms. The van der Waals surface area contributed by atoms with Crippen LogP contribution < -0.4 is 0 Å². The van der Waals surface area contributed by atoms with Gasteiger partial charge in [0, 0.05) is 32.4 Å². The number of aromatic nitrogens is 1. The van der Waals surface area contributed by atoms with Gasteiger partial charge >= 0.3 is 0 Å². The van der Waals surface area contributed by atoms with Crippen LogP contribution in [0.5, 0.6) is 0 Å². The summed E-state index contributed by atoms with van der Waals surface area (Å²) in [6, 6.07) is 19.3. The SMILES string of the molecule is Cc1cc(C=Nc2ccc(C(C)C)cc2)c(C)n1-c1ccc(I)cc1. The molecule has 0 N–H and O–H groups in total. The molecule has 3 rings (SSSR count). The third-order valence-corrected chi connectivity index (χ3v) is 5.19. The van der Waals surface area contributed by atoms with Crippen molar-refractivity contribution in [1.82, 2.24) is 4.57 Å². The fourth-order valence-corrected chi connectivity index (χ4v) is 3.35. The highest BCUT2D eigenvalue weighted by Crippen LogP contribution is 2.22. The molecule has 1 heterocycles. The van der Waals surface area contributed by atoms with Gasteiger partial charge in [-0.2, -0.15) is 0 Å². The minimum absolute atomic E-state index is 0.547. The predicted molar refractivity (Wildman–Crippen MR) is 116 cm³/mol. The van der Waals surface area contributed by atoms with Crippen molar-refractivity contribution < 1.29 is 0 Å². The van der Waals surface area contributed by atoms with E-state index in [0.29, 0.717) is 5.92 Å². The highest BCUT2D eigenvalue weighted by atomic mass is 127. The highest BCUT2D eigenvalue weighted by Gasteiger charge is 2.09. The zero-order valence-electron chi connectivity index (χ0n) is 15.1. The molecule has 0 saturated heterocycles. The standard InChI is InChI=1S/C22H23IN2/c1-15(2)18-5-9-21(10-6-18)24-14-19-13-16(3)25(17(19)4)22-11-7-20(23)8-12-22/h5-15H,1-4H3. The van der Waals surface area contributed by atoms with Crippen LogP contribution in [-0.4, -0.2) is 10.8 Å². The molecule has 2 aromatic carbocycles. The molecule has 3 aromatic rings. The monoisotopic (exact) mass is 442 g/mol. The van der Waals surface area contributed by atoms with E-state index in [1.54, 1.807) is 0 Å². The maximum atomic E-state index is 4.66. The van der Waals surface area contributed by atoms with E-state index in [1.165, 1.54) is 26.2 Å². The second kappa shape index (κ2) is 7.56. The topological polar surface area (TPSA) is 17.3 Å². The fourth-order valence-electron chi connectivity index (χ4n) is 3.00. The van der Waals surface area contributed by atoms with Crippen molar-refractivity contribution in [3.8, 4) is 5.69 Å². The Kier molecular flexibility index (Phi) is 5.42. The molecule has 0 aliphatic carbocycles. The first-order valence-corrected chi connectivity index (χ1v) is 9.62. The molecule has 0 radical (unpaired) electrons. The van der Waals surface area contributed by atoms with Gasteiger partial charge in [0.25, 0.3) is 0 Å². The lowest BCUT2D eigenvalue weighted by Crippen LogP contribution is -1.99. The van der Waals surface area contributed by atoms with Crippen LogP contribution >= 0.6 is 22.6 Å². The zero-order valence-corrected chi connectivity index (χ0v) is 17.3. The van der Waals surface area contributed by atoms with Crippen molar-refractivity contribution in [3.63, 3.8) is 0 Å². The Hall–Kier alpha value is -1.88. The molecule has 1 aromatic heterocycles. The molecule has 2 nitrogen and oxygen atoms in total. The molecule has 0 bridgehead atoms. The minimum Gasteiger partial charge on any atom is -0.318 e. The molecule has 0 fully saturated rings. The third kappa shape index (κ3) is 4.03. The van der Waals surface area contributed by atoms with Gasteiger partial charge in [-0.05, 0) is 90.4 Å². The first kappa shape index (κ1) is 17.9. The zero-order chi connectivity index (χ0) is 18.0. The van der Waals surface area contributed by atoms with Gasteiger partial charge in [-0.25, -0.2) is 0 Å². The van der Waals surface area contributed by atoms with Crippen molar-refractivity contribution >= 4 is 34.5 Å². The van der Waals surface area contributed by atoms with Gasteiger partial charge in [-0.3, -0.25) is 4.99 Å². The lowest BCUT2D eigenvalue weighted by atomic mass is 10.0. The number of hydrogen-bond donors (Lipinski definition) is 0. The summed E-state index contributed by atoms with van der Waals surface area (Å²) in [6.07, 6.45) is 1.97. The Bertz CT molecular complexity index is 885. The van der Waals surface area contributed by atoms with Crippen LogP contribution in [-0.2, 0) is 0 Å². The summed E-state index contributed by atoms with van der Waals surface area (Å²) >= 11 is 2.33. The van der Waals surface area contributed by atoms with E-state index in [9.17, 15) is 0 Å². The van der Waals surface area contributed by atoms with E-state index in [4.69, 9.17) is 0 Å². The molecule has 0 aliphatic heterocycles.